The molecule has 0 aliphatic rings. The van der Waals surface area contributed by atoms with Gasteiger partial charge in [0.05, 0.1) is 4.90 Å². The van der Waals surface area contributed by atoms with E-state index in [9.17, 15) is 12.8 Å². The molecule has 1 heterocycles. The van der Waals surface area contributed by atoms with E-state index in [0.717, 1.165) is 22.9 Å². The largest absolute Gasteiger partial charge is 0.361 e. The van der Waals surface area contributed by atoms with Crippen LogP contribution in [0.2, 0.25) is 0 Å². The third-order valence-corrected chi connectivity index (χ3v) is 5.53. The number of halogens is 1. The van der Waals surface area contributed by atoms with Gasteiger partial charge in [-0.25, -0.2) is 17.5 Å². The molecular formula is C18H19FN2O2S. The lowest BCUT2D eigenvalue weighted by Crippen LogP contribution is -2.25. The first-order valence-corrected chi connectivity index (χ1v) is 9.32. The summed E-state index contributed by atoms with van der Waals surface area (Å²) >= 11 is 0. The second-order valence-corrected chi connectivity index (χ2v) is 7.42. The number of aromatic amines is 1. The molecule has 0 aliphatic carbocycles. The van der Waals surface area contributed by atoms with Gasteiger partial charge in [0, 0.05) is 23.6 Å². The summed E-state index contributed by atoms with van der Waals surface area (Å²) in [5.74, 6) is -0.299. The van der Waals surface area contributed by atoms with Crippen LogP contribution in [0.25, 0.3) is 10.9 Å². The van der Waals surface area contributed by atoms with Crippen molar-refractivity contribution in [3.63, 3.8) is 0 Å². The zero-order valence-electron chi connectivity index (χ0n) is 13.3. The van der Waals surface area contributed by atoms with Crippen molar-refractivity contribution in [3.8, 4) is 0 Å². The topological polar surface area (TPSA) is 62.0 Å². The number of H-pyrrole nitrogens is 1. The Morgan fingerprint density at radius 3 is 2.58 bits per heavy atom. The fraction of sp³-hybridized carbons (Fsp3) is 0.222. The van der Waals surface area contributed by atoms with Gasteiger partial charge in [0.15, 0.2) is 0 Å². The maximum Gasteiger partial charge on any atom is 0.240 e. The molecule has 3 aromatic rings. The Balaban J connectivity index is 1.68. The van der Waals surface area contributed by atoms with Gasteiger partial charge in [-0.15, -0.1) is 0 Å². The molecule has 0 saturated heterocycles. The third-order valence-electron chi connectivity index (χ3n) is 4.06. The van der Waals surface area contributed by atoms with E-state index in [2.05, 4.69) is 9.71 Å². The average molecular weight is 346 g/mol. The highest BCUT2D eigenvalue weighted by molar-refractivity contribution is 7.89. The summed E-state index contributed by atoms with van der Waals surface area (Å²) in [7, 11) is -3.52. The van der Waals surface area contributed by atoms with Crippen molar-refractivity contribution < 1.29 is 12.8 Å². The highest BCUT2D eigenvalue weighted by atomic mass is 32.2. The number of aryl methyl sites for hydroxylation is 1. The van der Waals surface area contributed by atoms with Gasteiger partial charge in [0.2, 0.25) is 10.0 Å². The van der Waals surface area contributed by atoms with E-state index in [4.69, 9.17) is 0 Å². The van der Waals surface area contributed by atoms with Gasteiger partial charge in [-0.2, -0.15) is 0 Å². The minimum absolute atomic E-state index is 0.265. The van der Waals surface area contributed by atoms with Crippen LogP contribution in [-0.2, 0) is 22.9 Å². The van der Waals surface area contributed by atoms with Crippen molar-refractivity contribution >= 4 is 20.9 Å². The number of nitrogens with one attached hydrogen (secondary N) is 2. The van der Waals surface area contributed by atoms with Crippen LogP contribution in [-0.4, -0.2) is 19.9 Å². The predicted octanol–water partition coefficient (Wildman–Crippen LogP) is 3.39. The second-order valence-electron chi connectivity index (χ2n) is 5.65. The van der Waals surface area contributed by atoms with Crippen LogP contribution in [0.5, 0.6) is 0 Å². The van der Waals surface area contributed by atoms with Gasteiger partial charge in [0.1, 0.15) is 5.82 Å². The first-order chi connectivity index (χ1) is 11.5. The predicted molar refractivity (Wildman–Crippen MR) is 93.0 cm³/mol. The molecule has 0 bridgehead atoms. The van der Waals surface area contributed by atoms with Gasteiger partial charge in [0.25, 0.3) is 0 Å². The normalized spacial score (nSPS) is 11.9. The van der Waals surface area contributed by atoms with Crippen molar-refractivity contribution in [2.75, 3.05) is 6.54 Å². The number of aromatic nitrogens is 1. The summed E-state index contributed by atoms with van der Waals surface area (Å²) in [5, 5.41) is 0.905. The molecule has 126 valence electrons. The van der Waals surface area contributed by atoms with Crippen molar-refractivity contribution in [2.45, 2.75) is 24.7 Å². The molecule has 1 aromatic heterocycles. The summed E-state index contributed by atoms with van der Waals surface area (Å²) in [6, 6.07) is 11.4. The van der Waals surface area contributed by atoms with Crippen LogP contribution in [0.3, 0.4) is 0 Å². The van der Waals surface area contributed by atoms with Crippen LogP contribution in [0.15, 0.2) is 53.6 Å². The van der Waals surface area contributed by atoms with Crippen molar-refractivity contribution in [1.82, 2.24) is 9.71 Å². The zero-order valence-corrected chi connectivity index (χ0v) is 14.2. The van der Waals surface area contributed by atoms with Crippen molar-refractivity contribution in [3.05, 3.63) is 65.6 Å². The summed E-state index contributed by atoms with van der Waals surface area (Å²) in [5.41, 5.74) is 2.76. The minimum Gasteiger partial charge on any atom is -0.361 e. The Hall–Kier alpha value is -2.18. The van der Waals surface area contributed by atoms with Crippen LogP contribution < -0.4 is 4.72 Å². The molecule has 0 saturated carbocycles. The van der Waals surface area contributed by atoms with Gasteiger partial charge in [-0.1, -0.05) is 19.1 Å². The van der Waals surface area contributed by atoms with Crippen LogP contribution in [0.4, 0.5) is 4.39 Å². The van der Waals surface area contributed by atoms with Gasteiger partial charge < -0.3 is 4.98 Å². The second kappa shape index (κ2) is 6.75. The van der Waals surface area contributed by atoms with E-state index in [-0.39, 0.29) is 17.3 Å². The van der Waals surface area contributed by atoms with Crippen LogP contribution >= 0.6 is 0 Å². The molecular weight excluding hydrogens is 327 g/mol. The fourth-order valence-corrected chi connectivity index (χ4v) is 3.70. The maximum absolute atomic E-state index is 13.2. The van der Waals surface area contributed by atoms with Crippen molar-refractivity contribution in [1.29, 1.82) is 0 Å². The smallest absolute Gasteiger partial charge is 0.240 e. The van der Waals surface area contributed by atoms with Gasteiger partial charge in [-0.3, -0.25) is 0 Å². The number of rotatable bonds is 6. The standard InChI is InChI=1S/C18H19FN2O2S/c1-2-13-3-6-16(7-4-13)24(22,23)21-10-9-14-12-20-18-11-15(19)5-8-17(14)18/h3-8,11-12,20-21H,2,9-10H2,1H3. The number of benzene rings is 2. The molecule has 0 aliphatic heterocycles. The van der Waals surface area contributed by atoms with E-state index in [1.54, 1.807) is 24.4 Å². The summed E-state index contributed by atoms with van der Waals surface area (Å²) in [4.78, 5) is 3.27. The lowest BCUT2D eigenvalue weighted by Gasteiger charge is -2.07. The highest BCUT2D eigenvalue weighted by Gasteiger charge is 2.13. The van der Waals surface area contributed by atoms with Crippen LogP contribution in [0.1, 0.15) is 18.1 Å². The highest BCUT2D eigenvalue weighted by Crippen LogP contribution is 2.19. The number of sulfonamides is 1. The summed E-state index contributed by atoms with van der Waals surface area (Å²) in [6.07, 6.45) is 3.18. The molecule has 0 fully saturated rings. The lowest BCUT2D eigenvalue weighted by molar-refractivity contribution is 0.581. The Morgan fingerprint density at radius 2 is 1.88 bits per heavy atom. The number of fused-ring (bicyclic) bond motifs is 1. The number of hydrogen-bond donors (Lipinski definition) is 2. The first-order valence-electron chi connectivity index (χ1n) is 7.84. The average Bonchev–Trinajstić information content (AvgIpc) is 2.97. The third kappa shape index (κ3) is 3.49. The quantitative estimate of drug-likeness (QED) is 0.719. The molecule has 6 heteroatoms. The molecule has 0 radical (unpaired) electrons. The van der Waals surface area contributed by atoms with E-state index in [1.165, 1.54) is 12.1 Å². The molecule has 0 unspecified atom stereocenters. The van der Waals surface area contributed by atoms with E-state index in [1.807, 2.05) is 19.1 Å². The first kappa shape index (κ1) is 16.7. The molecule has 0 spiro atoms. The number of hydrogen-bond acceptors (Lipinski definition) is 2. The van der Waals surface area contributed by atoms with Crippen molar-refractivity contribution in [2.24, 2.45) is 0 Å². The minimum atomic E-state index is -3.52. The molecule has 0 amide bonds. The fourth-order valence-electron chi connectivity index (χ4n) is 2.67. The van der Waals surface area contributed by atoms with E-state index in [0.29, 0.717) is 11.9 Å². The molecule has 0 atom stereocenters. The Kier molecular flexibility index (Phi) is 4.69. The Bertz CT molecular complexity index is 947. The lowest BCUT2D eigenvalue weighted by atomic mass is 10.1. The molecule has 24 heavy (non-hydrogen) atoms. The summed E-state index contributed by atoms with van der Waals surface area (Å²) < 4.78 is 40.4. The SMILES string of the molecule is CCc1ccc(S(=O)(=O)NCCc2c[nH]c3cc(F)ccc23)cc1. The molecule has 2 N–H and O–H groups in total. The van der Waals surface area contributed by atoms with Gasteiger partial charge in [-0.05, 0) is 54.3 Å². The Labute approximate surface area is 140 Å². The zero-order chi connectivity index (χ0) is 17.2. The Morgan fingerprint density at radius 1 is 1.12 bits per heavy atom. The van der Waals surface area contributed by atoms with Gasteiger partial charge >= 0.3 is 0 Å². The molecule has 2 aromatic carbocycles. The van der Waals surface area contributed by atoms with E-state index < -0.39 is 10.0 Å². The van der Waals surface area contributed by atoms with E-state index >= 15 is 0 Å². The molecule has 4 nitrogen and oxygen atoms in total. The summed E-state index contributed by atoms with van der Waals surface area (Å²) in [6.45, 7) is 2.30. The molecule has 3 rings (SSSR count). The monoisotopic (exact) mass is 346 g/mol. The maximum atomic E-state index is 13.2. The van der Waals surface area contributed by atoms with Crippen LogP contribution in [0, 0.1) is 5.82 Å².